The zero-order chi connectivity index (χ0) is 12.2. The summed E-state index contributed by atoms with van der Waals surface area (Å²) < 4.78 is 0. The lowest BCUT2D eigenvalue weighted by atomic mass is 10.1. The summed E-state index contributed by atoms with van der Waals surface area (Å²) in [6.45, 7) is 0. The van der Waals surface area contributed by atoms with Crippen LogP contribution in [-0.4, -0.2) is 4.98 Å². The van der Waals surface area contributed by atoms with E-state index in [0.717, 1.165) is 0 Å². The third-order valence-corrected chi connectivity index (χ3v) is 2.93. The molecule has 0 bridgehead atoms. The molecule has 3 rings (SSSR count). The van der Waals surface area contributed by atoms with Gasteiger partial charge in [-0.05, 0) is 28.6 Å². The van der Waals surface area contributed by atoms with Crippen LogP contribution in [0.25, 0.3) is 22.9 Å². The second-order valence-electron chi connectivity index (χ2n) is 4.23. The summed E-state index contributed by atoms with van der Waals surface area (Å²) in [5, 5.41) is 2.40. The molecule has 1 nitrogen and oxygen atoms in total. The Labute approximate surface area is 106 Å². The standard InChI is InChI=1S/C17H13N/c1-2-4-14(5-3-1)6-7-15-8-9-16-10-11-18-13-17(16)12-15/h1-13H. The molecule has 0 atom stereocenters. The molecule has 0 N–H and O–H groups in total. The third kappa shape index (κ3) is 2.30. The second-order valence-corrected chi connectivity index (χ2v) is 4.23. The average Bonchev–Trinajstić information content (AvgIpc) is 2.46. The van der Waals surface area contributed by atoms with Crippen molar-refractivity contribution in [3.63, 3.8) is 0 Å². The maximum absolute atomic E-state index is 4.15. The summed E-state index contributed by atoms with van der Waals surface area (Å²) in [6, 6.07) is 18.7. The van der Waals surface area contributed by atoms with Gasteiger partial charge in [-0.1, -0.05) is 54.6 Å². The van der Waals surface area contributed by atoms with Crippen LogP contribution in [0.2, 0.25) is 0 Å². The number of pyridine rings is 1. The first-order valence-corrected chi connectivity index (χ1v) is 5.99. The van der Waals surface area contributed by atoms with Crippen LogP contribution in [0.15, 0.2) is 67.0 Å². The van der Waals surface area contributed by atoms with E-state index in [9.17, 15) is 0 Å². The maximum Gasteiger partial charge on any atom is 0.0346 e. The minimum absolute atomic E-state index is 1.17. The lowest BCUT2D eigenvalue weighted by Gasteiger charge is -1.98. The van der Waals surface area contributed by atoms with Gasteiger partial charge in [0.2, 0.25) is 0 Å². The first-order chi connectivity index (χ1) is 8.92. The van der Waals surface area contributed by atoms with Crippen LogP contribution in [-0.2, 0) is 0 Å². The monoisotopic (exact) mass is 231 g/mol. The highest BCUT2D eigenvalue weighted by atomic mass is 14.6. The quantitative estimate of drug-likeness (QED) is 0.595. The Bertz CT molecular complexity index is 684. The van der Waals surface area contributed by atoms with Crippen molar-refractivity contribution in [3.8, 4) is 0 Å². The van der Waals surface area contributed by atoms with Gasteiger partial charge in [-0.15, -0.1) is 0 Å². The number of benzene rings is 2. The molecule has 0 saturated carbocycles. The van der Waals surface area contributed by atoms with Gasteiger partial charge in [-0.2, -0.15) is 0 Å². The fourth-order valence-corrected chi connectivity index (χ4v) is 1.96. The van der Waals surface area contributed by atoms with E-state index in [0.29, 0.717) is 0 Å². The Balaban J connectivity index is 1.93. The fourth-order valence-electron chi connectivity index (χ4n) is 1.96. The van der Waals surface area contributed by atoms with Crippen LogP contribution in [0.1, 0.15) is 11.1 Å². The van der Waals surface area contributed by atoms with Crippen molar-refractivity contribution in [2.24, 2.45) is 0 Å². The lowest BCUT2D eigenvalue weighted by molar-refractivity contribution is 1.36. The van der Waals surface area contributed by atoms with Crippen LogP contribution in [0, 0.1) is 0 Å². The SMILES string of the molecule is C(=Cc1ccc2ccncc2c1)c1ccccc1. The molecule has 0 amide bonds. The molecule has 2 aromatic carbocycles. The van der Waals surface area contributed by atoms with Gasteiger partial charge in [-0.25, -0.2) is 0 Å². The molecule has 0 saturated heterocycles. The molecule has 0 fully saturated rings. The highest BCUT2D eigenvalue weighted by Crippen LogP contribution is 2.16. The molecule has 86 valence electrons. The smallest absolute Gasteiger partial charge is 0.0346 e. The van der Waals surface area contributed by atoms with Gasteiger partial charge in [0.1, 0.15) is 0 Å². The Hall–Kier alpha value is -2.41. The van der Waals surface area contributed by atoms with Gasteiger partial charge in [0.25, 0.3) is 0 Å². The number of rotatable bonds is 2. The summed E-state index contributed by atoms with van der Waals surface area (Å²) in [5.74, 6) is 0. The number of hydrogen-bond acceptors (Lipinski definition) is 1. The van der Waals surface area contributed by atoms with E-state index < -0.39 is 0 Å². The van der Waals surface area contributed by atoms with Gasteiger partial charge in [0.05, 0.1) is 0 Å². The number of hydrogen-bond donors (Lipinski definition) is 0. The van der Waals surface area contributed by atoms with E-state index in [1.165, 1.54) is 21.9 Å². The first kappa shape index (κ1) is 10.7. The van der Waals surface area contributed by atoms with Crippen LogP contribution in [0.3, 0.4) is 0 Å². The lowest BCUT2D eigenvalue weighted by Crippen LogP contribution is -1.77. The van der Waals surface area contributed by atoms with E-state index >= 15 is 0 Å². The van der Waals surface area contributed by atoms with E-state index in [1.54, 1.807) is 0 Å². The number of fused-ring (bicyclic) bond motifs is 1. The summed E-state index contributed by atoms with van der Waals surface area (Å²) in [7, 11) is 0. The van der Waals surface area contributed by atoms with Gasteiger partial charge < -0.3 is 0 Å². The van der Waals surface area contributed by atoms with Crippen molar-refractivity contribution in [2.45, 2.75) is 0 Å². The molecule has 0 unspecified atom stereocenters. The fraction of sp³-hybridized carbons (Fsp3) is 0. The molecule has 18 heavy (non-hydrogen) atoms. The van der Waals surface area contributed by atoms with E-state index in [1.807, 2.05) is 36.7 Å². The first-order valence-electron chi connectivity index (χ1n) is 5.99. The Morgan fingerprint density at radius 1 is 0.722 bits per heavy atom. The highest BCUT2D eigenvalue weighted by Gasteiger charge is 1.93. The van der Waals surface area contributed by atoms with Crippen molar-refractivity contribution < 1.29 is 0 Å². The maximum atomic E-state index is 4.15. The highest BCUT2D eigenvalue weighted by molar-refractivity contribution is 5.85. The van der Waals surface area contributed by atoms with Crippen LogP contribution in [0.5, 0.6) is 0 Å². The van der Waals surface area contributed by atoms with Crippen molar-refractivity contribution >= 4 is 22.9 Å². The molecule has 3 aromatic rings. The molecule has 0 aliphatic rings. The summed E-state index contributed by atoms with van der Waals surface area (Å²) in [6.07, 6.45) is 7.97. The Morgan fingerprint density at radius 3 is 2.44 bits per heavy atom. The molecule has 0 radical (unpaired) electrons. The van der Waals surface area contributed by atoms with Crippen molar-refractivity contribution in [2.75, 3.05) is 0 Å². The van der Waals surface area contributed by atoms with E-state index in [-0.39, 0.29) is 0 Å². The molecular weight excluding hydrogens is 218 g/mol. The number of aromatic nitrogens is 1. The largest absolute Gasteiger partial charge is 0.264 e. The van der Waals surface area contributed by atoms with E-state index in [2.05, 4.69) is 47.5 Å². The topological polar surface area (TPSA) is 12.9 Å². The summed E-state index contributed by atoms with van der Waals surface area (Å²) in [4.78, 5) is 4.15. The summed E-state index contributed by atoms with van der Waals surface area (Å²) in [5.41, 5.74) is 2.41. The minimum Gasteiger partial charge on any atom is -0.264 e. The Morgan fingerprint density at radius 2 is 1.56 bits per heavy atom. The average molecular weight is 231 g/mol. The van der Waals surface area contributed by atoms with Crippen LogP contribution >= 0.6 is 0 Å². The summed E-state index contributed by atoms with van der Waals surface area (Å²) >= 11 is 0. The molecule has 1 aromatic heterocycles. The normalized spacial score (nSPS) is 11.1. The van der Waals surface area contributed by atoms with Gasteiger partial charge in [0.15, 0.2) is 0 Å². The van der Waals surface area contributed by atoms with Crippen LogP contribution in [0.4, 0.5) is 0 Å². The zero-order valence-electron chi connectivity index (χ0n) is 9.95. The van der Waals surface area contributed by atoms with E-state index in [4.69, 9.17) is 0 Å². The molecule has 0 spiro atoms. The van der Waals surface area contributed by atoms with Gasteiger partial charge in [0, 0.05) is 17.8 Å². The minimum atomic E-state index is 1.17. The second kappa shape index (κ2) is 4.84. The third-order valence-electron chi connectivity index (χ3n) is 2.93. The van der Waals surface area contributed by atoms with Crippen molar-refractivity contribution in [3.05, 3.63) is 78.1 Å². The molecule has 1 heterocycles. The van der Waals surface area contributed by atoms with Gasteiger partial charge >= 0.3 is 0 Å². The van der Waals surface area contributed by atoms with Crippen molar-refractivity contribution in [1.29, 1.82) is 0 Å². The van der Waals surface area contributed by atoms with Crippen molar-refractivity contribution in [1.82, 2.24) is 4.98 Å². The van der Waals surface area contributed by atoms with Gasteiger partial charge in [-0.3, -0.25) is 4.98 Å². The number of nitrogens with zero attached hydrogens (tertiary/aromatic N) is 1. The zero-order valence-corrected chi connectivity index (χ0v) is 9.95. The molecule has 0 aliphatic heterocycles. The van der Waals surface area contributed by atoms with Crippen LogP contribution < -0.4 is 0 Å². The predicted molar refractivity (Wildman–Crippen MR) is 77.1 cm³/mol. The molecular formula is C17H13N. The predicted octanol–water partition coefficient (Wildman–Crippen LogP) is 4.41. The molecule has 1 heteroatoms. The molecule has 0 aliphatic carbocycles. The Kier molecular flexibility index (Phi) is 2.89.